The summed E-state index contributed by atoms with van der Waals surface area (Å²) in [7, 11) is 11.1. The molecule has 0 amide bonds. The van der Waals surface area contributed by atoms with Crippen molar-refractivity contribution in [3.8, 4) is 0 Å². The van der Waals surface area contributed by atoms with Crippen LogP contribution in [0.15, 0.2) is 0 Å². The molecule has 0 aromatic carbocycles. The van der Waals surface area contributed by atoms with Crippen LogP contribution in [-0.2, 0) is 0 Å². The predicted octanol–water partition coefficient (Wildman–Crippen LogP) is -4.00. The zero-order valence-electron chi connectivity index (χ0n) is 23.3. The molecule has 0 rings (SSSR count). The van der Waals surface area contributed by atoms with E-state index in [9.17, 15) is 0 Å². The van der Waals surface area contributed by atoms with E-state index < -0.39 is 0 Å². The van der Waals surface area contributed by atoms with E-state index in [0.717, 1.165) is 0 Å². The molecular weight excluding hydrogens is 738 g/mol. The van der Waals surface area contributed by atoms with Crippen LogP contribution in [0.1, 0.15) is 62.3 Å². The van der Waals surface area contributed by atoms with E-state index in [1.54, 1.807) is 37.7 Å². The summed E-state index contributed by atoms with van der Waals surface area (Å²) in [6, 6.07) is 0. The van der Waals surface area contributed by atoms with E-state index in [1.165, 1.54) is 26.2 Å². The molecule has 29 heavy (non-hydrogen) atoms. The maximum atomic E-state index is 2.36. The monoisotopic (exact) mass is 790 g/mol. The van der Waals surface area contributed by atoms with Crippen molar-refractivity contribution >= 4 is 120 Å². The first-order chi connectivity index (χ1) is 11.2. The van der Waals surface area contributed by atoms with Gasteiger partial charge in [-0.3, -0.25) is 0 Å². The standard InChI is InChI=1S/C9H23N3.3C4H9.2K.3Sb.2H/c1-10(2)6-8-12(5)9-7-11(3)4;3*1-4(2)3;;;;;;;/h6-9H2,1-5H3;3*1-3H3;;;;;;;/q;;;;;+1;;;;;/p+3. The van der Waals surface area contributed by atoms with E-state index >= 15 is 0 Å². The Hall–Kier alpha value is 5.61. The molecular formula is C21H55K2N3Sb3+4. The van der Waals surface area contributed by atoms with Crippen molar-refractivity contribution in [2.75, 3.05) is 61.4 Å². The van der Waals surface area contributed by atoms with Gasteiger partial charge in [0.05, 0.1) is 35.2 Å². The van der Waals surface area contributed by atoms with Gasteiger partial charge in [-0.25, -0.2) is 0 Å². The van der Waals surface area contributed by atoms with Crippen molar-refractivity contribution in [1.82, 2.24) is 0 Å². The fourth-order valence-corrected chi connectivity index (χ4v) is 7.80. The van der Waals surface area contributed by atoms with Gasteiger partial charge in [-0.2, -0.15) is 0 Å². The molecule has 0 saturated carbocycles. The van der Waals surface area contributed by atoms with Gasteiger partial charge in [0.25, 0.3) is 0 Å². The third kappa shape index (κ3) is 71.9. The van der Waals surface area contributed by atoms with Gasteiger partial charge in [-0.05, 0) is 0 Å². The summed E-state index contributed by atoms with van der Waals surface area (Å²) < 4.78 is 1.86. The molecule has 0 aromatic heterocycles. The van der Waals surface area contributed by atoms with Gasteiger partial charge in [0.15, 0.2) is 0 Å². The molecule has 0 heterocycles. The third-order valence-electron chi connectivity index (χ3n) is 2.77. The predicted molar refractivity (Wildman–Crippen MR) is 137 cm³/mol. The summed E-state index contributed by atoms with van der Waals surface area (Å²) in [4.78, 5) is 4.75. The Balaban J connectivity index is -0.0000000698. The number of likely N-dealkylation sites (N-methyl/N-ethyl adjacent to an activating group) is 3. The molecule has 0 saturated heterocycles. The molecule has 167 valence electrons. The number of nitrogens with one attached hydrogen (secondary N) is 3. The van der Waals surface area contributed by atoms with Crippen molar-refractivity contribution in [3.05, 3.63) is 0 Å². The van der Waals surface area contributed by atoms with E-state index in [-0.39, 0.29) is 149 Å². The van der Waals surface area contributed by atoms with Crippen LogP contribution >= 0.6 is 0 Å². The molecule has 5 radical (unpaired) electrons. The third-order valence-corrected chi connectivity index (χ3v) is 6.60. The molecule has 0 aliphatic carbocycles. The molecule has 0 aliphatic rings. The molecule has 0 aliphatic heterocycles. The summed E-state index contributed by atoms with van der Waals surface area (Å²) >= 11 is 1.61. The number of hydrogen-bond donors (Lipinski definition) is 3. The summed E-state index contributed by atoms with van der Waals surface area (Å²) in [6.07, 6.45) is 0. The Kier molecular flexibility index (Phi) is 41.6. The van der Waals surface area contributed by atoms with E-state index in [4.69, 9.17) is 0 Å². The first kappa shape index (κ1) is 47.8. The minimum atomic E-state index is -0.00833. The average molecular weight is 793 g/mol. The Morgan fingerprint density at radius 3 is 0.931 bits per heavy atom. The molecule has 0 spiro atoms. The van der Waals surface area contributed by atoms with Crippen molar-refractivity contribution in [2.45, 2.75) is 72.4 Å². The summed E-state index contributed by atoms with van der Waals surface area (Å²) in [5.74, 6) is 0. The zero-order chi connectivity index (χ0) is 21.8. The Bertz CT molecular complexity index is 295. The van der Waals surface area contributed by atoms with Gasteiger partial charge in [0.1, 0.15) is 26.2 Å². The van der Waals surface area contributed by atoms with Crippen LogP contribution in [0.25, 0.3) is 0 Å². The van der Waals surface area contributed by atoms with Crippen LogP contribution in [-0.4, -0.2) is 182 Å². The fourth-order valence-electron chi connectivity index (χ4n) is 2.06. The number of hydrogen-bond acceptors (Lipinski definition) is 0. The van der Waals surface area contributed by atoms with Gasteiger partial charge in [-0.1, -0.05) is 0 Å². The van der Waals surface area contributed by atoms with Gasteiger partial charge < -0.3 is 14.7 Å². The molecule has 0 bridgehead atoms. The van der Waals surface area contributed by atoms with Crippen molar-refractivity contribution < 1.29 is 66.1 Å². The van der Waals surface area contributed by atoms with Crippen molar-refractivity contribution in [1.29, 1.82) is 0 Å². The first-order valence-electron chi connectivity index (χ1n) is 10.1. The van der Waals surface area contributed by atoms with E-state index in [2.05, 4.69) is 97.6 Å². The second kappa shape index (κ2) is 25.3. The topological polar surface area (TPSA) is 13.3 Å². The van der Waals surface area contributed by atoms with Crippen molar-refractivity contribution in [2.24, 2.45) is 0 Å². The van der Waals surface area contributed by atoms with Gasteiger partial charge in [0, 0.05) is 51.4 Å². The van der Waals surface area contributed by atoms with Crippen LogP contribution in [0.5, 0.6) is 0 Å². The van der Waals surface area contributed by atoms with Crippen LogP contribution in [0.3, 0.4) is 0 Å². The summed E-state index contributed by atoms with van der Waals surface area (Å²) in [5.41, 5.74) is 0. The zero-order valence-corrected chi connectivity index (χ0v) is 37.8. The summed E-state index contributed by atoms with van der Waals surface area (Å²) in [6.45, 7) is 25.9. The van der Waals surface area contributed by atoms with Crippen LogP contribution in [0, 0.1) is 0 Å². The van der Waals surface area contributed by atoms with Gasteiger partial charge >= 0.3 is 193 Å². The Labute approximate surface area is 313 Å². The quantitative estimate of drug-likeness (QED) is 0.228. The molecule has 0 fully saturated rings. The van der Waals surface area contributed by atoms with Gasteiger partial charge in [-0.15, -0.1) is 0 Å². The second-order valence-electron chi connectivity index (χ2n) is 11.1. The van der Waals surface area contributed by atoms with Crippen LogP contribution < -0.4 is 66.1 Å². The second-order valence-corrected chi connectivity index (χ2v) is 23.7. The summed E-state index contributed by atoms with van der Waals surface area (Å²) in [5, 5.41) is 0. The van der Waals surface area contributed by atoms with Crippen molar-refractivity contribution in [3.63, 3.8) is 0 Å². The van der Waals surface area contributed by atoms with Crippen LogP contribution in [0.4, 0.5) is 0 Å². The molecule has 3 N–H and O–H groups in total. The van der Waals surface area contributed by atoms with Gasteiger partial charge in [0.2, 0.25) is 0 Å². The average Bonchev–Trinajstić information content (AvgIpc) is 2.27. The Morgan fingerprint density at radius 2 is 0.828 bits per heavy atom. The molecule has 8 heteroatoms. The normalized spacial score (nSPS) is 11.4. The number of quaternary nitrogens is 3. The molecule has 0 unspecified atom stereocenters. The molecule has 0 atom stereocenters. The molecule has 0 aromatic rings. The fraction of sp³-hybridized carbons (Fsp3) is 1.00. The number of rotatable bonds is 6. The Morgan fingerprint density at radius 1 is 0.621 bits per heavy atom. The molecule has 3 nitrogen and oxygen atoms in total. The maximum absolute atomic E-state index is 2.36. The minimum absolute atomic E-state index is 0. The SMILES string of the molecule is C[C](C)(C)[SbH].C[C](C)(C)[Sb][C](C)(C)C.C[NH+](C)CC[NH+](C)CC[NH+](C)C.[K+].[K].[SbH]. The van der Waals surface area contributed by atoms with Crippen LogP contribution in [0.2, 0.25) is 10.1 Å². The van der Waals surface area contributed by atoms with E-state index in [1.807, 2.05) is 0 Å². The first-order valence-corrected chi connectivity index (χ1v) is 14.1. The van der Waals surface area contributed by atoms with E-state index in [0.29, 0.717) is 10.1 Å².